The predicted octanol–water partition coefficient (Wildman–Crippen LogP) is 3.76. The summed E-state index contributed by atoms with van der Waals surface area (Å²) in [5.74, 6) is 3.25. The van der Waals surface area contributed by atoms with Gasteiger partial charge >= 0.3 is 0 Å². The van der Waals surface area contributed by atoms with Gasteiger partial charge in [0.15, 0.2) is 0 Å². The van der Waals surface area contributed by atoms with Crippen LogP contribution in [-0.4, -0.2) is 13.1 Å². The second-order valence-electron chi connectivity index (χ2n) is 5.81. The molecular formula is C15H27N. The smallest absolute Gasteiger partial charge is 0.00925 e. The standard InChI is InChI=1S/C15H27N/c1-3-4-5-6-7-8-15(16-2)14-10-12-9-13(12)11-14/h3,12-16H,1,4-11H2,2H3. The van der Waals surface area contributed by atoms with Gasteiger partial charge in [0.05, 0.1) is 0 Å². The monoisotopic (exact) mass is 221 g/mol. The summed E-state index contributed by atoms with van der Waals surface area (Å²) in [5.41, 5.74) is 0. The van der Waals surface area contributed by atoms with Crippen LogP contribution in [0.15, 0.2) is 12.7 Å². The molecule has 0 saturated heterocycles. The molecule has 2 saturated carbocycles. The first-order valence-electron chi connectivity index (χ1n) is 7.13. The van der Waals surface area contributed by atoms with Gasteiger partial charge in [0.1, 0.15) is 0 Å². The highest BCUT2D eigenvalue weighted by Gasteiger charge is 2.47. The van der Waals surface area contributed by atoms with E-state index in [1.54, 1.807) is 6.42 Å². The van der Waals surface area contributed by atoms with Crippen molar-refractivity contribution in [2.24, 2.45) is 17.8 Å². The Hall–Kier alpha value is -0.300. The van der Waals surface area contributed by atoms with Crippen molar-refractivity contribution in [2.45, 2.75) is 57.4 Å². The summed E-state index contributed by atoms with van der Waals surface area (Å²) < 4.78 is 0. The summed E-state index contributed by atoms with van der Waals surface area (Å²) in [7, 11) is 2.15. The fourth-order valence-electron chi connectivity index (χ4n) is 3.54. The molecule has 3 unspecified atom stereocenters. The Kier molecular flexibility index (Phi) is 4.45. The van der Waals surface area contributed by atoms with E-state index >= 15 is 0 Å². The summed E-state index contributed by atoms with van der Waals surface area (Å²) >= 11 is 0. The van der Waals surface area contributed by atoms with Gasteiger partial charge in [0.25, 0.3) is 0 Å². The minimum Gasteiger partial charge on any atom is -0.317 e. The van der Waals surface area contributed by atoms with Crippen LogP contribution in [0.2, 0.25) is 0 Å². The van der Waals surface area contributed by atoms with Crippen LogP contribution in [0, 0.1) is 17.8 Å². The van der Waals surface area contributed by atoms with Crippen LogP contribution in [0.25, 0.3) is 0 Å². The second kappa shape index (κ2) is 5.86. The SMILES string of the molecule is C=CCCCCCC(NC)C1CC2CC2C1. The van der Waals surface area contributed by atoms with E-state index < -0.39 is 0 Å². The Balaban J connectivity index is 1.59. The highest BCUT2D eigenvalue weighted by molar-refractivity contribution is 4.98. The second-order valence-corrected chi connectivity index (χ2v) is 5.81. The van der Waals surface area contributed by atoms with Gasteiger partial charge in [0.2, 0.25) is 0 Å². The molecule has 2 aliphatic carbocycles. The zero-order valence-corrected chi connectivity index (χ0v) is 10.8. The van der Waals surface area contributed by atoms with Crippen LogP contribution in [0.3, 0.4) is 0 Å². The highest BCUT2D eigenvalue weighted by atomic mass is 14.9. The first-order valence-corrected chi connectivity index (χ1v) is 7.13. The number of nitrogens with one attached hydrogen (secondary N) is 1. The topological polar surface area (TPSA) is 12.0 Å². The molecule has 1 N–H and O–H groups in total. The number of allylic oxidation sites excluding steroid dienone is 1. The van der Waals surface area contributed by atoms with Gasteiger partial charge in [-0.2, -0.15) is 0 Å². The third-order valence-electron chi connectivity index (χ3n) is 4.64. The summed E-state index contributed by atoms with van der Waals surface area (Å²) in [4.78, 5) is 0. The first kappa shape index (κ1) is 12.2. The van der Waals surface area contributed by atoms with Gasteiger partial charge in [-0.05, 0) is 63.3 Å². The maximum atomic E-state index is 3.77. The van der Waals surface area contributed by atoms with Crippen molar-refractivity contribution in [1.29, 1.82) is 0 Å². The Labute approximate surface area is 101 Å². The lowest BCUT2D eigenvalue weighted by molar-refractivity contribution is 0.326. The van der Waals surface area contributed by atoms with Gasteiger partial charge in [0, 0.05) is 6.04 Å². The lowest BCUT2D eigenvalue weighted by Crippen LogP contribution is -2.32. The van der Waals surface area contributed by atoms with Crippen molar-refractivity contribution in [3.63, 3.8) is 0 Å². The van der Waals surface area contributed by atoms with E-state index in [4.69, 9.17) is 0 Å². The molecule has 1 nitrogen and oxygen atoms in total. The number of unbranched alkanes of at least 4 members (excludes halogenated alkanes) is 3. The van der Waals surface area contributed by atoms with Crippen molar-refractivity contribution in [1.82, 2.24) is 5.32 Å². The Morgan fingerprint density at radius 3 is 2.56 bits per heavy atom. The van der Waals surface area contributed by atoms with Crippen LogP contribution >= 0.6 is 0 Å². The molecule has 0 amide bonds. The number of hydrogen-bond acceptors (Lipinski definition) is 1. The van der Waals surface area contributed by atoms with Gasteiger partial charge in [-0.3, -0.25) is 0 Å². The molecule has 1 heteroatoms. The van der Waals surface area contributed by atoms with Gasteiger partial charge < -0.3 is 5.32 Å². The third kappa shape index (κ3) is 3.10. The predicted molar refractivity (Wildman–Crippen MR) is 70.5 cm³/mol. The van der Waals surface area contributed by atoms with Crippen LogP contribution < -0.4 is 5.32 Å². The van der Waals surface area contributed by atoms with Crippen molar-refractivity contribution >= 4 is 0 Å². The zero-order valence-electron chi connectivity index (χ0n) is 10.8. The number of fused-ring (bicyclic) bond motifs is 1. The average molecular weight is 221 g/mol. The first-order chi connectivity index (χ1) is 7.85. The molecule has 0 aromatic heterocycles. The lowest BCUT2D eigenvalue weighted by Gasteiger charge is -2.24. The normalized spacial score (nSPS) is 33.4. The van der Waals surface area contributed by atoms with Crippen molar-refractivity contribution in [2.75, 3.05) is 7.05 Å². The van der Waals surface area contributed by atoms with Crippen LogP contribution in [0.1, 0.15) is 51.4 Å². The minimum absolute atomic E-state index is 0.802. The van der Waals surface area contributed by atoms with Crippen molar-refractivity contribution < 1.29 is 0 Å². The summed E-state index contributed by atoms with van der Waals surface area (Å²) in [6.07, 6.45) is 13.3. The lowest BCUT2D eigenvalue weighted by atomic mass is 9.90. The Morgan fingerprint density at radius 2 is 1.94 bits per heavy atom. The maximum absolute atomic E-state index is 3.77. The van der Waals surface area contributed by atoms with Crippen LogP contribution in [0.5, 0.6) is 0 Å². The van der Waals surface area contributed by atoms with Crippen molar-refractivity contribution in [3.05, 3.63) is 12.7 Å². The molecule has 0 heterocycles. The third-order valence-corrected chi connectivity index (χ3v) is 4.64. The molecule has 0 aromatic carbocycles. The fraction of sp³-hybridized carbons (Fsp3) is 0.867. The molecule has 2 fully saturated rings. The molecule has 0 aliphatic heterocycles. The largest absolute Gasteiger partial charge is 0.317 e. The Bertz CT molecular complexity index is 213. The molecule has 0 aromatic rings. The average Bonchev–Trinajstić information content (AvgIpc) is 2.91. The van der Waals surface area contributed by atoms with Gasteiger partial charge in [-0.15, -0.1) is 6.58 Å². The molecule has 0 radical (unpaired) electrons. The minimum atomic E-state index is 0.802. The van der Waals surface area contributed by atoms with Crippen LogP contribution in [0.4, 0.5) is 0 Å². The van der Waals surface area contributed by atoms with E-state index in [1.165, 1.54) is 44.9 Å². The maximum Gasteiger partial charge on any atom is 0.00925 e. The van der Waals surface area contributed by atoms with E-state index in [0.717, 1.165) is 23.8 Å². The molecule has 92 valence electrons. The summed E-state index contributed by atoms with van der Waals surface area (Å²) in [6, 6.07) is 0.802. The zero-order chi connectivity index (χ0) is 11.4. The quantitative estimate of drug-likeness (QED) is 0.486. The molecule has 16 heavy (non-hydrogen) atoms. The van der Waals surface area contributed by atoms with E-state index in [1.807, 2.05) is 6.08 Å². The molecular weight excluding hydrogens is 194 g/mol. The van der Waals surface area contributed by atoms with Gasteiger partial charge in [-0.25, -0.2) is 0 Å². The number of hydrogen-bond donors (Lipinski definition) is 1. The highest BCUT2D eigenvalue weighted by Crippen LogP contribution is 2.55. The van der Waals surface area contributed by atoms with Crippen molar-refractivity contribution in [3.8, 4) is 0 Å². The van der Waals surface area contributed by atoms with E-state index in [-0.39, 0.29) is 0 Å². The Morgan fingerprint density at radius 1 is 1.19 bits per heavy atom. The van der Waals surface area contributed by atoms with Gasteiger partial charge in [-0.1, -0.05) is 18.9 Å². The van der Waals surface area contributed by atoms with E-state index in [2.05, 4.69) is 18.9 Å². The number of rotatable bonds is 8. The van der Waals surface area contributed by atoms with Crippen LogP contribution in [-0.2, 0) is 0 Å². The fourth-order valence-corrected chi connectivity index (χ4v) is 3.54. The molecule has 0 spiro atoms. The van der Waals surface area contributed by atoms with E-state index in [9.17, 15) is 0 Å². The molecule has 2 rings (SSSR count). The molecule has 3 atom stereocenters. The van der Waals surface area contributed by atoms with E-state index in [0.29, 0.717) is 0 Å². The summed E-state index contributed by atoms with van der Waals surface area (Å²) in [6.45, 7) is 3.77. The molecule has 2 aliphatic rings. The molecule has 0 bridgehead atoms. The summed E-state index contributed by atoms with van der Waals surface area (Å²) in [5, 5.41) is 3.56.